The summed E-state index contributed by atoms with van der Waals surface area (Å²) in [7, 11) is 0. The van der Waals surface area contributed by atoms with Crippen LogP contribution in [0.1, 0.15) is 48.5 Å². The summed E-state index contributed by atoms with van der Waals surface area (Å²) in [6.07, 6.45) is 5.31. The lowest BCUT2D eigenvalue weighted by atomic mass is 9.89. The fraction of sp³-hybridized carbons (Fsp3) is 0.481. The van der Waals surface area contributed by atoms with Crippen molar-refractivity contribution in [1.82, 2.24) is 5.32 Å². The maximum Gasteiger partial charge on any atom is 0.253 e. The lowest BCUT2D eigenvalue weighted by molar-refractivity contribution is -0.115. The molecule has 0 aromatic heterocycles. The number of anilines is 2. The van der Waals surface area contributed by atoms with Crippen molar-refractivity contribution < 1.29 is 14.3 Å². The molecule has 2 N–H and O–H groups in total. The number of nitrogens with zero attached hydrogens (tertiary/aromatic N) is 1. The summed E-state index contributed by atoms with van der Waals surface area (Å²) in [5, 5.41) is 5.19. The second-order valence-electron chi connectivity index (χ2n) is 9.30. The van der Waals surface area contributed by atoms with E-state index >= 15 is 0 Å². The number of carbonyl (C=O) groups excluding carboxylic acids is 2. The minimum absolute atomic E-state index is 0.0705. The maximum atomic E-state index is 13.2. The molecule has 182 valence electrons. The topological polar surface area (TPSA) is 70.7 Å². The first kappa shape index (κ1) is 24.6. The average Bonchev–Trinajstić information content (AvgIpc) is 3.37. The highest BCUT2D eigenvalue weighted by atomic mass is 35.5. The van der Waals surface area contributed by atoms with Crippen LogP contribution in [0.3, 0.4) is 0 Å². The van der Waals surface area contributed by atoms with Crippen LogP contribution in [0.15, 0.2) is 48.5 Å². The number of benzene rings is 2. The molecule has 0 spiro atoms. The predicted molar refractivity (Wildman–Crippen MR) is 137 cm³/mol. The van der Waals surface area contributed by atoms with E-state index in [2.05, 4.69) is 45.9 Å². The van der Waals surface area contributed by atoms with E-state index in [0.29, 0.717) is 23.7 Å². The second-order valence-corrected chi connectivity index (χ2v) is 9.96. The number of alkyl halides is 1. The molecule has 2 fully saturated rings. The molecular formula is C27H34ClN3O3. The number of nitrogens with one attached hydrogen (secondary N) is 2. The van der Waals surface area contributed by atoms with E-state index in [9.17, 15) is 9.59 Å². The highest BCUT2D eigenvalue weighted by Crippen LogP contribution is 2.30. The molecule has 2 amide bonds. The number of piperidine rings is 1. The zero-order valence-electron chi connectivity index (χ0n) is 19.8. The van der Waals surface area contributed by atoms with Gasteiger partial charge in [0.15, 0.2) is 0 Å². The van der Waals surface area contributed by atoms with Crippen LogP contribution in [0.5, 0.6) is 0 Å². The number of hydrogen-bond acceptors (Lipinski definition) is 4. The van der Waals surface area contributed by atoms with Gasteiger partial charge in [-0.1, -0.05) is 30.3 Å². The van der Waals surface area contributed by atoms with Crippen LogP contribution in [0.4, 0.5) is 11.4 Å². The van der Waals surface area contributed by atoms with Gasteiger partial charge in [-0.05, 0) is 68.7 Å². The van der Waals surface area contributed by atoms with Crippen molar-refractivity contribution in [2.45, 2.75) is 50.5 Å². The zero-order valence-corrected chi connectivity index (χ0v) is 20.5. The number of carbonyl (C=O) groups is 2. The van der Waals surface area contributed by atoms with Gasteiger partial charge in [-0.2, -0.15) is 0 Å². The summed E-state index contributed by atoms with van der Waals surface area (Å²) in [6.45, 7) is 4.66. The number of amides is 2. The van der Waals surface area contributed by atoms with Gasteiger partial charge in [-0.3, -0.25) is 9.59 Å². The molecule has 2 aromatic rings. The van der Waals surface area contributed by atoms with E-state index in [4.69, 9.17) is 16.3 Å². The Hall–Kier alpha value is -2.57. The summed E-state index contributed by atoms with van der Waals surface area (Å²) in [6, 6.07) is 16.2. The predicted octanol–water partition coefficient (Wildman–Crippen LogP) is 4.62. The molecule has 4 rings (SSSR count). The minimum Gasteiger partial charge on any atom is -0.376 e. The van der Waals surface area contributed by atoms with Crippen molar-refractivity contribution in [1.29, 1.82) is 0 Å². The Balaban J connectivity index is 1.46. The van der Waals surface area contributed by atoms with Crippen molar-refractivity contribution in [3.8, 4) is 0 Å². The molecule has 2 heterocycles. The van der Waals surface area contributed by atoms with Crippen LogP contribution in [-0.4, -0.2) is 49.5 Å². The highest BCUT2D eigenvalue weighted by Gasteiger charge is 2.25. The van der Waals surface area contributed by atoms with Crippen molar-refractivity contribution in [2.75, 3.05) is 36.5 Å². The zero-order chi connectivity index (χ0) is 23.9. The molecule has 6 nitrogen and oxygen atoms in total. The first-order chi connectivity index (χ1) is 16.5. The van der Waals surface area contributed by atoms with E-state index in [1.54, 1.807) is 13.0 Å². The fourth-order valence-corrected chi connectivity index (χ4v) is 4.80. The SMILES string of the molecule is C[C@@H](Cl)C(=O)Nc1ccc(N2CCC(Cc3ccccc3)CC2)c(C(=O)NC[C@@H]2CCCO2)c1. The number of rotatable bonds is 8. The average molecular weight is 484 g/mol. The van der Waals surface area contributed by atoms with Crippen molar-refractivity contribution in [3.63, 3.8) is 0 Å². The van der Waals surface area contributed by atoms with Gasteiger partial charge >= 0.3 is 0 Å². The molecule has 0 aliphatic carbocycles. The van der Waals surface area contributed by atoms with Gasteiger partial charge in [0.2, 0.25) is 5.91 Å². The molecule has 2 aliphatic heterocycles. The molecule has 2 atom stereocenters. The molecule has 0 radical (unpaired) electrons. The van der Waals surface area contributed by atoms with Crippen LogP contribution >= 0.6 is 11.6 Å². The molecular weight excluding hydrogens is 450 g/mol. The van der Waals surface area contributed by atoms with Crippen molar-refractivity contribution >= 4 is 34.8 Å². The van der Waals surface area contributed by atoms with E-state index in [0.717, 1.165) is 57.5 Å². The molecule has 7 heteroatoms. The number of ether oxygens (including phenoxy) is 1. The molecule has 0 saturated carbocycles. The standard InChI is InChI=1S/C27H34ClN3O3/c1-19(28)26(32)30-22-9-10-25(24(17-22)27(33)29-18-23-8-5-15-34-23)31-13-11-21(12-14-31)16-20-6-3-2-4-7-20/h2-4,6-7,9-10,17,19,21,23H,5,8,11-16,18H2,1H3,(H,29,33)(H,30,32)/t19-,23+/m1/s1. The quantitative estimate of drug-likeness (QED) is 0.537. The highest BCUT2D eigenvalue weighted by molar-refractivity contribution is 6.32. The molecule has 0 bridgehead atoms. The van der Waals surface area contributed by atoms with Crippen LogP contribution in [0.2, 0.25) is 0 Å². The Morgan fingerprint density at radius 3 is 2.56 bits per heavy atom. The Morgan fingerprint density at radius 2 is 1.88 bits per heavy atom. The third-order valence-corrected chi connectivity index (χ3v) is 6.90. The van der Waals surface area contributed by atoms with Gasteiger partial charge in [0.1, 0.15) is 5.38 Å². The monoisotopic (exact) mass is 483 g/mol. The minimum atomic E-state index is -0.653. The van der Waals surface area contributed by atoms with Gasteiger partial charge in [0.05, 0.1) is 11.7 Å². The Morgan fingerprint density at radius 1 is 1.12 bits per heavy atom. The number of halogens is 1. The maximum absolute atomic E-state index is 13.2. The van der Waals surface area contributed by atoms with E-state index < -0.39 is 5.38 Å². The van der Waals surface area contributed by atoms with Gasteiger partial charge in [0.25, 0.3) is 5.91 Å². The van der Waals surface area contributed by atoms with Crippen LogP contribution in [0, 0.1) is 5.92 Å². The van der Waals surface area contributed by atoms with Gasteiger partial charge < -0.3 is 20.3 Å². The summed E-state index contributed by atoms with van der Waals surface area (Å²) in [5.41, 5.74) is 3.42. The third kappa shape index (κ3) is 6.51. The summed E-state index contributed by atoms with van der Waals surface area (Å²) in [5.74, 6) is 0.202. The third-order valence-electron chi connectivity index (χ3n) is 6.71. The Bertz CT molecular complexity index is 968. The fourth-order valence-electron chi connectivity index (χ4n) is 4.75. The largest absolute Gasteiger partial charge is 0.376 e. The summed E-state index contributed by atoms with van der Waals surface area (Å²) >= 11 is 5.91. The Kier molecular flexibility index (Phi) is 8.46. The molecule has 0 unspecified atom stereocenters. The molecule has 2 saturated heterocycles. The van der Waals surface area contributed by atoms with E-state index in [-0.39, 0.29) is 17.9 Å². The lowest BCUT2D eigenvalue weighted by Crippen LogP contribution is -2.37. The smallest absolute Gasteiger partial charge is 0.253 e. The normalized spacial score (nSPS) is 19.6. The number of hydrogen-bond donors (Lipinski definition) is 2. The molecule has 2 aliphatic rings. The van der Waals surface area contributed by atoms with Gasteiger partial charge in [0, 0.05) is 37.6 Å². The van der Waals surface area contributed by atoms with Crippen molar-refractivity contribution in [3.05, 3.63) is 59.7 Å². The van der Waals surface area contributed by atoms with E-state index in [1.807, 2.05) is 12.1 Å². The van der Waals surface area contributed by atoms with E-state index in [1.165, 1.54) is 5.56 Å². The van der Waals surface area contributed by atoms with Gasteiger partial charge in [-0.15, -0.1) is 11.6 Å². The van der Waals surface area contributed by atoms with Gasteiger partial charge in [-0.25, -0.2) is 0 Å². The van der Waals surface area contributed by atoms with Crippen LogP contribution in [-0.2, 0) is 16.0 Å². The lowest BCUT2D eigenvalue weighted by Gasteiger charge is -2.35. The van der Waals surface area contributed by atoms with Crippen LogP contribution in [0.25, 0.3) is 0 Å². The summed E-state index contributed by atoms with van der Waals surface area (Å²) in [4.78, 5) is 27.6. The molecule has 2 aromatic carbocycles. The Labute approximate surface area is 207 Å². The molecule has 34 heavy (non-hydrogen) atoms. The first-order valence-corrected chi connectivity index (χ1v) is 12.7. The first-order valence-electron chi connectivity index (χ1n) is 12.3. The second kappa shape index (κ2) is 11.7. The van der Waals surface area contributed by atoms with Crippen LogP contribution < -0.4 is 15.5 Å². The summed E-state index contributed by atoms with van der Waals surface area (Å²) < 4.78 is 5.65. The van der Waals surface area contributed by atoms with Crippen molar-refractivity contribution in [2.24, 2.45) is 5.92 Å².